The molecule has 158 valence electrons. The second-order valence-corrected chi connectivity index (χ2v) is 7.72. The van der Waals surface area contributed by atoms with Crippen LogP contribution >= 0.6 is 0 Å². The van der Waals surface area contributed by atoms with E-state index in [4.69, 9.17) is 4.74 Å². The van der Waals surface area contributed by atoms with Gasteiger partial charge in [-0.05, 0) is 55.2 Å². The molecule has 1 aromatic heterocycles. The quantitative estimate of drug-likeness (QED) is 0.449. The molecule has 6 nitrogen and oxygen atoms in total. The number of benzene rings is 3. The van der Waals surface area contributed by atoms with Crippen LogP contribution in [0.4, 0.5) is 11.4 Å². The van der Waals surface area contributed by atoms with Crippen molar-refractivity contribution in [2.24, 2.45) is 0 Å². The minimum Gasteiger partial charge on any atom is -0.448 e. The highest BCUT2D eigenvalue weighted by atomic mass is 16.5. The molecule has 0 saturated heterocycles. The normalized spacial score (nSPS) is 13.6. The van der Waals surface area contributed by atoms with Crippen LogP contribution in [0.3, 0.4) is 0 Å². The highest BCUT2D eigenvalue weighted by molar-refractivity contribution is 6.05. The van der Waals surface area contributed by atoms with Gasteiger partial charge in [0.2, 0.25) is 0 Å². The number of fused-ring (bicyclic) bond motifs is 3. The van der Waals surface area contributed by atoms with Crippen molar-refractivity contribution < 1.29 is 14.3 Å². The van der Waals surface area contributed by atoms with Crippen LogP contribution in [-0.4, -0.2) is 27.9 Å². The number of aryl methyl sites for hydroxylation is 2. The Hall–Kier alpha value is -4.06. The van der Waals surface area contributed by atoms with Gasteiger partial charge in [-0.15, -0.1) is 0 Å². The number of nitrogens with zero attached hydrogens (tertiary/aromatic N) is 3. The molecule has 0 fully saturated rings. The van der Waals surface area contributed by atoms with Crippen LogP contribution in [0.1, 0.15) is 28.5 Å². The van der Waals surface area contributed by atoms with Crippen LogP contribution in [0.25, 0.3) is 11.0 Å². The SMILES string of the molecule is CC(OC(=O)c1cnc2ccccc2n1)C(=O)N1c2ccccc2CCc2ccccc21. The zero-order valence-corrected chi connectivity index (χ0v) is 17.6. The van der Waals surface area contributed by atoms with Gasteiger partial charge in [-0.1, -0.05) is 48.5 Å². The molecule has 4 aromatic rings. The highest BCUT2D eigenvalue weighted by Gasteiger charge is 2.31. The molecule has 5 rings (SSSR count). The molecule has 0 N–H and O–H groups in total. The first-order chi connectivity index (χ1) is 15.6. The topological polar surface area (TPSA) is 72.4 Å². The number of aromatic nitrogens is 2. The van der Waals surface area contributed by atoms with E-state index in [1.807, 2.05) is 66.7 Å². The van der Waals surface area contributed by atoms with Crippen LogP contribution in [0, 0.1) is 0 Å². The molecule has 1 aliphatic heterocycles. The molecule has 6 heteroatoms. The summed E-state index contributed by atoms with van der Waals surface area (Å²) >= 11 is 0. The maximum absolute atomic E-state index is 13.6. The van der Waals surface area contributed by atoms with E-state index in [0.717, 1.165) is 35.3 Å². The summed E-state index contributed by atoms with van der Waals surface area (Å²) in [4.78, 5) is 36.6. The third-order valence-electron chi connectivity index (χ3n) is 5.64. The maximum Gasteiger partial charge on any atom is 0.359 e. The van der Waals surface area contributed by atoms with Crippen molar-refractivity contribution in [2.45, 2.75) is 25.9 Å². The Labute approximate surface area is 185 Å². The Morgan fingerprint density at radius 3 is 2.06 bits per heavy atom. The standard InChI is InChI=1S/C26H21N3O3/c1-17(32-26(31)22-16-27-20-10-4-5-11-21(20)28-22)25(30)29-23-12-6-2-8-18(23)14-15-19-9-3-7-13-24(19)29/h2-13,16-17H,14-15H2,1H3. The molecular formula is C26H21N3O3. The second kappa shape index (κ2) is 8.23. The smallest absolute Gasteiger partial charge is 0.359 e. The predicted molar refractivity (Wildman–Crippen MR) is 122 cm³/mol. The van der Waals surface area contributed by atoms with Crippen molar-refractivity contribution in [1.82, 2.24) is 9.97 Å². The summed E-state index contributed by atoms with van der Waals surface area (Å²) in [5.74, 6) is -0.991. The molecule has 32 heavy (non-hydrogen) atoms. The third kappa shape index (κ3) is 3.60. The molecule has 1 aliphatic rings. The number of rotatable bonds is 3. The monoisotopic (exact) mass is 423 g/mol. The Balaban J connectivity index is 1.45. The number of para-hydroxylation sites is 4. The average molecular weight is 423 g/mol. The van der Waals surface area contributed by atoms with Crippen molar-refractivity contribution in [2.75, 3.05) is 4.90 Å². The van der Waals surface area contributed by atoms with E-state index in [0.29, 0.717) is 11.0 Å². The number of hydrogen-bond donors (Lipinski definition) is 0. The van der Waals surface area contributed by atoms with E-state index in [2.05, 4.69) is 9.97 Å². The molecule has 0 saturated carbocycles. The number of carbonyl (C=O) groups excluding carboxylic acids is 2. The molecule has 2 heterocycles. The number of ether oxygens (including phenoxy) is 1. The first-order valence-electron chi connectivity index (χ1n) is 10.5. The van der Waals surface area contributed by atoms with E-state index >= 15 is 0 Å². The third-order valence-corrected chi connectivity index (χ3v) is 5.64. The number of carbonyl (C=O) groups is 2. The van der Waals surface area contributed by atoms with Gasteiger partial charge in [0.1, 0.15) is 0 Å². The summed E-state index contributed by atoms with van der Waals surface area (Å²) < 4.78 is 5.54. The van der Waals surface area contributed by atoms with Crippen LogP contribution < -0.4 is 4.90 Å². The van der Waals surface area contributed by atoms with Gasteiger partial charge in [-0.2, -0.15) is 0 Å². The van der Waals surface area contributed by atoms with Gasteiger partial charge in [0.25, 0.3) is 5.91 Å². The van der Waals surface area contributed by atoms with E-state index in [1.165, 1.54) is 6.20 Å². The lowest BCUT2D eigenvalue weighted by Gasteiger charge is -2.27. The van der Waals surface area contributed by atoms with Crippen LogP contribution in [0.5, 0.6) is 0 Å². The van der Waals surface area contributed by atoms with E-state index in [9.17, 15) is 9.59 Å². The van der Waals surface area contributed by atoms with Crippen molar-refractivity contribution in [3.8, 4) is 0 Å². The van der Waals surface area contributed by atoms with Crippen molar-refractivity contribution in [3.05, 3.63) is 95.8 Å². The Morgan fingerprint density at radius 2 is 1.41 bits per heavy atom. The lowest BCUT2D eigenvalue weighted by molar-refractivity contribution is -0.125. The summed E-state index contributed by atoms with van der Waals surface area (Å²) in [6, 6.07) is 23.0. The van der Waals surface area contributed by atoms with E-state index in [1.54, 1.807) is 17.9 Å². The summed E-state index contributed by atoms with van der Waals surface area (Å²) in [5, 5.41) is 0. The summed E-state index contributed by atoms with van der Waals surface area (Å²) in [6.07, 6.45) is 2.03. The van der Waals surface area contributed by atoms with Gasteiger partial charge >= 0.3 is 5.97 Å². The lowest BCUT2D eigenvalue weighted by Crippen LogP contribution is -2.37. The van der Waals surface area contributed by atoms with E-state index < -0.39 is 12.1 Å². The number of hydrogen-bond acceptors (Lipinski definition) is 5. The predicted octanol–water partition coefficient (Wildman–Crippen LogP) is 4.64. The molecule has 1 amide bonds. The first kappa shape index (κ1) is 19.9. The van der Waals surface area contributed by atoms with Gasteiger partial charge in [-0.25, -0.2) is 9.78 Å². The summed E-state index contributed by atoms with van der Waals surface area (Å²) in [7, 11) is 0. The van der Waals surface area contributed by atoms with Gasteiger partial charge in [0.05, 0.1) is 28.6 Å². The number of anilines is 2. The van der Waals surface area contributed by atoms with Crippen LogP contribution in [0.2, 0.25) is 0 Å². The molecular weight excluding hydrogens is 402 g/mol. The average Bonchev–Trinajstić information content (AvgIpc) is 3.00. The fraction of sp³-hybridized carbons (Fsp3) is 0.154. The summed E-state index contributed by atoms with van der Waals surface area (Å²) in [6.45, 7) is 1.59. The maximum atomic E-state index is 13.6. The molecule has 1 atom stereocenters. The highest BCUT2D eigenvalue weighted by Crippen LogP contribution is 2.36. The van der Waals surface area contributed by atoms with Gasteiger partial charge < -0.3 is 4.74 Å². The molecule has 0 radical (unpaired) electrons. The van der Waals surface area contributed by atoms with Crippen LogP contribution in [-0.2, 0) is 22.4 Å². The minimum absolute atomic E-state index is 0.0695. The van der Waals surface area contributed by atoms with Crippen molar-refractivity contribution >= 4 is 34.3 Å². The second-order valence-electron chi connectivity index (χ2n) is 7.72. The van der Waals surface area contributed by atoms with Crippen LogP contribution in [0.15, 0.2) is 79.0 Å². The van der Waals surface area contributed by atoms with Crippen molar-refractivity contribution in [3.63, 3.8) is 0 Å². The fourth-order valence-electron chi connectivity index (χ4n) is 4.03. The first-order valence-corrected chi connectivity index (χ1v) is 10.5. The largest absolute Gasteiger partial charge is 0.448 e. The van der Waals surface area contributed by atoms with Gasteiger partial charge in [0.15, 0.2) is 11.8 Å². The Bertz CT molecular complexity index is 1290. The molecule has 0 bridgehead atoms. The van der Waals surface area contributed by atoms with E-state index in [-0.39, 0.29) is 11.6 Å². The zero-order valence-electron chi connectivity index (χ0n) is 17.6. The van der Waals surface area contributed by atoms with Gasteiger partial charge in [0, 0.05) is 0 Å². The molecule has 0 aliphatic carbocycles. The van der Waals surface area contributed by atoms with Gasteiger partial charge in [-0.3, -0.25) is 14.7 Å². The lowest BCUT2D eigenvalue weighted by atomic mass is 10.0. The minimum atomic E-state index is -1.00. The Kier molecular flexibility index (Phi) is 5.11. The fourth-order valence-corrected chi connectivity index (χ4v) is 4.03. The molecule has 1 unspecified atom stereocenters. The number of amides is 1. The molecule has 0 spiro atoms. The van der Waals surface area contributed by atoms with Crippen molar-refractivity contribution in [1.29, 1.82) is 0 Å². The Morgan fingerprint density at radius 1 is 0.844 bits per heavy atom. The number of esters is 1. The summed E-state index contributed by atoms with van der Waals surface area (Å²) in [5.41, 5.74) is 5.14. The molecule has 3 aromatic carbocycles. The zero-order chi connectivity index (χ0) is 22.1.